The van der Waals surface area contributed by atoms with Crippen LogP contribution >= 0.6 is 0 Å². The van der Waals surface area contributed by atoms with Gasteiger partial charge in [0, 0.05) is 13.2 Å². The van der Waals surface area contributed by atoms with Crippen LogP contribution < -0.4 is 0 Å². The number of rotatable bonds is 8. The number of hydrogen-bond acceptors (Lipinski definition) is 3. The van der Waals surface area contributed by atoms with Gasteiger partial charge in [-0.1, -0.05) is 26.7 Å². The predicted molar refractivity (Wildman–Crippen MR) is 68.9 cm³/mol. The van der Waals surface area contributed by atoms with Crippen LogP contribution in [0.2, 0.25) is 0 Å². The van der Waals surface area contributed by atoms with Crippen molar-refractivity contribution >= 4 is 0 Å². The first kappa shape index (κ1) is 14.9. The molecule has 0 bridgehead atoms. The Labute approximate surface area is 105 Å². The van der Waals surface area contributed by atoms with Crippen LogP contribution in [0.1, 0.15) is 58.8 Å². The second-order valence-corrected chi connectivity index (χ2v) is 5.81. The van der Waals surface area contributed by atoms with E-state index < -0.39 is 0 Å². The van der Waals surface area contributed by atoms with Crippen molar-refractivity contribution in [3.63, 3.8) is 0 Å². The summed E-state index contributed by atoms with van der Waals surface area (Å²) in [5.41, 5.74) is 0.219. The van der Waals surface area contributed by atoms with E-state index in [0.717, 1.165) is 38.9 Å². The number of hydrogen-bond donors (Lipinski definition) is 1. The van der Waals surface area contributed by atoms with E-state index in [1.807, 2.05) is 0 Å². The fraction of sp³-hybridized carbons (Fsp3) is 1.00. The Morgan fingerprint density at radius 3 is 2.71 bits per heavy atom. The molecule has 3 nitrogen and oxygen atoms in total. The van der Waals surface area contributed by atoms with Crippen molar-refractivity contribution in [1.82, 2.24) is 0 Å². The maximum atomic E-state index is 8.73. The van der Waals surface area contributed by atoms with Gasteiger partial charge >= 0.3 is 0 Å². The Morgan fingerprint density at radius 2 is 2.06 bits per heavy atom. The molecule has 1 N–H and O–H groups in total. The van der Waals surface area contributed by atoms with Crippen molar-refractivity contribution < 1.29 is 14.6 Å². The zero-order valence-electron chi connectivity index (χ0n) is 11.4. The first-order valence-electron chi connectivity index (χ1n) is 6.98. The second kappa shape index (κ2) is 8.06. The molecule has 0 aliphatic carbocycles. The van der Waals surface area contributed by atoms with Crippen LogP contribution in [0.4, 0.5) is 0 Å². The Bertz CT molecular complexity index is 186. The molecule has 0 aromatic rings. The summed E-state index contributed by atoms with van der Waals surface area (Å²) >= 11 is 0. The summed E-state index contributed by atoms with van der Waals surface area (Å²) in [6.45, 7) is 6.43. The van der Waals surface area contributed by atoms with Gasteiger partial charge in [-0.05, 0) is 37.5 Å². The lowest BCUT2D eigenvalue weighted by molar-refractivity contribution is -0.176. The van der Waals surface area contributed by atoms with Gasteiger partial charge in [-0.2, -0.15) is 0 Å². The van der Waals surface area contributed by atoms with Crippen LogP contribution in [-0.4, -0.2) is 31.2 Å². The van der Waals surface area contributed by atoms with E-state index in [4.69, 9.17) is 14.6 Å². The smallest absolute Gasteiger partial charge is 0.157 e. The molecule has 0 unspecified atom stereocenters. The number of unbranched alkanes of at least 4 members (excludes halogenated alkanes) is 2. The average Bonchev–Trinajstić information content (AvgIpc) is 2.34. The lowest BCUT2D eigenvalue weighted by Gasteiger charge is -2.29. The van der Waals surface area contributed by atoms with Gasteiger partial charge in [-0.3, -0.25) is 0 Å². The minimum absolute atomic E-state index is 0.0282. The van der Waals surface area contributed by atoms with Crippen LogP contribution in [0.15, 0.2) is 0 Å². The van der Waals surface area contributed by atoms with Crippen molar-refractivity contribution in [2.24, 2.45) is 5.41 Å². The van der Waals surface area contributed by atoms with Crippen molar-refractivity contribution in [3.8, 4) is 0 Å². The van der Waals surface area contributed by atoms with Crippen LogP contribution in [0.25, 0.3) is 0 Å². The Kier molecular flexibility index (Phi) is 7.09. The minimum Gasteiger partial charge on any atom is -0.396 e. The summed E-state index contributed by atoms with van der Waals surface area (Å²) in [6.07, 6.45) is 7.82. The van der Waals surface area contributed by atoms with E-state index >= 15 is 0 Å². The van der Waals surface area contributed by atoms with Crippen molar-refractivity contribution in [3.05, 3.63) is 0 Å². The van der Waals surface area contributed by atoms with Gasteiger partial charge in [-0.15, -0.1) is 0 Å². The van der Waals surface area contributed by atoms with E-state index in [9.17, 15) is 0 Å². The molecule has 17 heavy (non-hydrogen) atoms. The Balaban J connectivity index is 2.09. The van der Waals surface area contributed by atoms with E-state index in [1.165, 1.54) is 19.3 Å². The molecule has 0 spiro atoms. The molecule has 1 saturated heterocycles. The van der Waals surface area contributed by atoms with Crippen LogP contribution in [0, 0.1) is 5.41 Å². The zero-order chi connectivity index (χ0) is 12.6. The highest BCUT2D eigenvalue weighted by molar-refractivity contribution is 4.68. The number of aliphatic hydroxyl groups is 1. The summed E-state index contributed by atoms with van der Waals surface area (Å²) in [5, 5.41) is 8.73. The molecule has 3 heteroatoms. The quantitative estimate of drug-likeness (QED) is 0.667. The van der Waals surface area contributed by atoms with Crippen LogP contribution in [-0.2, 0) is 9.47 Å². The number of aliphatic hydroxyl groups excluding tert-OH is 1. The van der Waals surface area contributed by atoms with E-state index in [-0.39, 0.29) is 11.7 Å². The van der Waals surface area contributed by atoms with E-state index in [2.05, 4.69) is 13.8 Å². The molecule has 1 heterocycles. The molecular weight excluding hydrogens is 216 g/mol. The summed E-state index contributed by atoms with van der Waals surface area (Å²) in [6, 6.07) is 0. The minimum atomic E-state index is 0.0282. The lowest BCUT2D eigenvalue weighted by Crippen LogP contribution is -2.28. The van der Waals surface area contributed by atoms with Gasteiger partial charge in [0.25, 0.3) is 0 Å². The lowest BCUT2D eigenvalue weighted by atomic mass is 9.88. The summed E-state index contributed by atoms with van der Waals surface area (Å²) in [4.78, 5) is 0. The molecule has 1 atom stereocenters. The molecule has 1 aliphatic heterocycles. The highest BCUT2D eigenvalue weighted by Gasteiger charge is 2.21. The maximum absolute atomic E-state index is 8.73. The normalized spacial score (nSPS) is 21.7. The molecule has 0 aromatic heterocycles. The highest BCUT2D eigenvalue weighted by atomic mass is 16.7. The monoisotopic (exact) mass is 244 g/mol. The number of ether oxygens (including phenoxy) is 2. The predicted octanol–water partition coefficient (Wildman–Crippen LogP) is 3.11. The molecule has 1 fully saturated rings. The standard InChI is InChI=1S/C14H28O3/c1-14(2,9-5-3-6-10-15)12-17-13-8-4-7-11-16-13/h13,15H,3-12H2,1-2H3/t13-/m1/s1. The summed E-state index contributed by atoms with van der Waals surface area (Å²) < 4.78 is 11.4. The largest absolute Gasteiger partial charge is 0.396 e. The summed E-state index contributed by atoms with van der Waals surface area (Å²) in [5.74, 6) is 0. The molecule has 0 saturated carbocycles. The zero-order valence-corrected chi connectivity index (χ0v) is 11.4. The Morgan fingerprint density at radius 1 is 1.24 bits per heavy atom. The van der Waals surface area contributed by atoms with Gasteiger partial charge < -0.3 is 14.6 Å². The third-order valence-corrected chi connectivity index (χ3v) is 3.31. The summed E-state index contributed by atoms with van der Waals surface area (Å²) in [7, 11) is 0. The van der Waals surface area contributed by atoms with Gasteiger partial charge in [0.2, 0.25) is 0 Å². The first-order chi connectivity index (χ1) is 8.14. The molecule has 0 aromatic carbocycles. The third-order valence-electron chi connectivity index (χ3n) is 3.31. The van der Waals surface area contributed by atoms with E-state index in [1.54, 1.807) is 0 Å². The fourth-order valence-electron chi connectivity index (χ4n) is 2.13. The van der Waals surface area contributed by atoms with E-state index in [0.29, 0.717) is 6.61 Å². The maximum Gasteiger partial charge on any atom is 0.157 e. The van der Waals surface area contributed by atoms with Crippen molar-refractivity contribution in [1.29, 1.82) is 0 Å². The van der Waals surface area contributed by atoms with Gasteiger partial charge in [-0.25, -0.2) is 0 Å². The third kappa shape index (κ3) is 7.02. The Hall–Kier alpha value is -0.120. The molecule has 1 rings (SSSR count). The molecule has 0 amide bonds. The highest BCUT2D eigenvalue weighted by Crippen LogP contribution is 2.26. The van der Waals surface area contributed by atoms with Gasteiger partial charge in [0.05, 0.1) is 6.61 Å². The fourth-order valence-corrected chi connectivity index (χ4v) is 2.13. The van der Waals surface area contributed by atoms with Crippen LogP contribution in [0.3, 0.4) is 0 Å². The molecule has 102 valence electrons. The van der Waals surface area contributed by atoms with Gasteiger partial charge in [0.1, 0.15) is 0 Å². The van der Waals surface area contributed by atoms with Crippen molar-refractivity contribution in [2.75, 3.05) is 19.8 Å². The first-order valence-corrected chi connectivity index (χ1v) is 6.98. The topological polar surface area (TPSA) is 38.7 Å². The molecule has 0 radical (unpaired) electrons. The van der Waals surface area contributed by atoms with Crippen LogP contribution in [0.5, 0.6) is 0 Å². The SMILES string of the molecule is CC(C)(CCCCCO)CO[C@@H]1CCCCO1. The van der Waals surface area contributed by atoms with Crippen molar-refractivity contribution in [2.45, 2.75) is 65.1 Å². The second-order valence-electron chi connectivity index (χ2n) is 5.81. The molecule has 1 aliphatic rings. The van der Waals surface area contributed by atoms with Gasteiger partial charge in [0.15, 0.2) is 6.29 Å². The molecular formula is C14H28O3. The average molecular weight is 244 g/mol.